The molecule has 0 aliphatic heterocycles. The fraction of sp³-hybridized carbons (Fsp3) is 0.500. The highest BCUT2D eigenvalue weighted by molar-refractivity contribution is 7.89. The molecule has 0 saturated heterocycles. The standard InChI is InChI=1S/C12H21N3O2S/c1-3-4-5-8-15-10-6-7-12(11(13)9-10)18(16,17)14-2/h6-7,9,14-15H,3-5,8,13H2,1-2H3. The first-order valence-corrected chi connectivity index (χ1v) is 7.56. The first-order valence-electron chi connectivity index (χ1n) is 6.08. The van der Waals surface area contributed by atoms with Crippen LogP contribution >= 0.6 is 0 Å². The number of nitrogens with two attached hydrogens (primary N) is 1. The summed E-state index contributed by atoms with van der Waals surface area (Å²) in [6.45, 7) is 3.01. The van der Waals surface area contributed by atoms with Gasteiger partial charge in [-0.3, -0.25) is 0 Å². The molecule has 0 aliphatic rings. The number of nitrogens with one attached hydrogen (secondary N) is 2. The van der Waals surface area contributed by atoms with E-state index in [0.29, 0.717) is 0 Å². The summed E-state index contributed by atoms with van der Waals surface area (Å²) in [5.74, 6) is 0. The topological polar surface area (TPSA) is 84.2 Å². The third-order valence-corrected chi connectivity index (χ3v) is 4.17. The van der Waals surface area contributed by atoms with E-state index in [1.807, 2.05) is 0 Å². The average Bonchev–Trinajstić information content (AvgIpc) is 2.34. The fourth-order valence-corrected chi connectivity index (χ4v) is 2.46. The van der Waals surface area contributed by atoms with E-state index >= 15 is 0 Å². The number of benzene rings is 1. The molecule has 0 amide bonds. The van der Waals surface area contributed by atoms with Gasteiger partial charge in [0.1, 0.15) is 4.90 Å². The summed E-state index contributed by atoms with van der Waals surface area (Å²) in [5, 5.41) is 3.22. The molecule has 102 valence electrons. The minimum absolute atomic E-state index is 0.115. The number of hydrogen-bond donors (Lipinski definition) is 3. The monoisotopic (exact) mass is 271 g/mol. The van der Waals surface area contributed by atoms with E-state index in [4.69, 9.17) is 5.73 Å². The Morgan fingerprint density at radius 2 is 2.00 bits per heavy atom. The van der Waals surface area contributed by atoms with Crippen molar-refractivity contribution in [3.05, 3.63) is 18.2 Å². The molecular formula is C12H21N3O2S. The Kier molecular flexibility index (Phi) is 5.43. The predicted molar refractivity (Wildman–Crippen MR) is 75.1 cm³/mol. The molecule has 0 unspecified atom stereocenters. The maximum atomic E-state index is 11.6. The van der Waals surface area contributed by atoms with Crippen LogP contribution in [0.4, 0.5) is 11.4 Å². The van der Waals surface area contributed by atoms with Crippen molar-refractivity contribution < 1.29 is 8.42 Å². The fourth-order valence-electron chi connectivity index (χ4n) is 1.62. The first kappa shape index (κ1) is 14.8. The largest absolute Gasteiger partial charge is 0.398 e. The lowest BCUT2D eigenvalue weighted by Crippen LogP contribution is -2.20. The van der Waals surface area contributed by atoms with Crippen LogP contribution in [0.2, 0.25) is 0 Å². The molecule has 0 aliphatic carbocycles. The van der Waals surface area contributed by atoms with Gasteiger partial charge in [-0.05, 0) is 31.7 Å². The number of unbranched alkanes of at least 4 members (excludes halogenated alkanes) is 2. The van der Waals surface area contributed by atoms with Crippen LogP contribution in [-0.4, -0.2) is 22.0 Å². The van der Waals surface area contributed by atoms with Gasteiger partial charge in [-0.1, -0.05) is 19.8 Å². The van der Waals surface area contributed by atoms with E-state index < -0.39 is 10.0 Å². The maximum absolute atomic E-state index is 11.6. The van der Waals surface area contributed by atoms with Gasteiger partial charge in [0.15, 0.2) is 0 Å². The normalized spacial score (nSPS) is 11.4. The van der Waals surface area contributed by atoms with Crippen LogP contribution in [0.15, 0.2) is 23.1 Å². The summed E-state index contributed by atoms with van der Waals surface area (Å²) in [4.78, 5) is 0.115. The molecule has 0 fully saturated rings. The maximum Gasteiger partial charge on any atom is 0.242 e. The molecule has 1 rings (SSSR count). The lowest BCUT2D eigenvalue weighted by Gasteiger charge is -2.10. The third-order valence-electron chi connectivity index (χ3n) is 2.68. The Morgan fingerprint density at radius 3 is 2.56 bits per heavy atom. The number of hydrogen-bond acceptors (Lipinski definition) is 4. The molecule has 0 saturated carbocycles. The van der Waals surface area contributed by atoms with Crippen molar-refractivity contribution in [2.45, 2.75) is 31.1 Å². The van der Waals surface area contributed by atoms with Gasteiger partial charge in [0.25, 0.3) is 0 Å². The molecule has 1 aromatic rings. The molecular weight excluding hydrogens is 250 g/mol. The first-order chi connectivity index (χ1) is 8.51. The van der Waals surface area contributed by atoms with E-state index in [1.54, 1.807) is 12.1 Å². The predicted octanol–water partition coefficient (Wildman–Crippen LogP) is 1.78. The van der Waals surface area contributed by atoms with Crippen LogP contribution in [0.1, 0.15) is 26.2 Å². The Balaban J connectivity index is 2.74. The van der Waals surface area contributed by atoms with Crippen molar-refractivity contribution in [2.75, 3.05) is 24.6 Å². The summed E-state index contributed by atoms with van der Waals surface area (Å²) >= 11 is 0. The zero-order valence-corrected chi connectivity index (χ0v) is 11.7. The van der Waals surface area contributed by atoms with E-state index in [0.717, 1.165) is 18.7 Å². The number of nitrogen functional groups attached to an aromatic ring is 1. The van der Waals surface area contributed by atoms with E-state index in [1.165, 1.54) is 26.0 Å². The van der Waals surface area contributed by atoms with Gasteiger partial charge in [-0.2, -0.15) is 0 Å². The summed E-state index contributed by atoms with van der Waals surface area (Å²) in [7, 11) is -2.11. The molecule has 1 aromatic carbocycles. The SMILES string of the molecule is CCCCCNc1ccc(S(=O)(=O)NC)c(N)c1. The van der Waals surface area contributed by atoms with Crippen LogP contribution in [0.5, 0.6) is 0 Å². The minimum atomic E-state index is -3.48. The summed E-state index contributed by atoms with van der Waals surface area (Å²) in [6.07, 6.45) is 3.44. The van der Waals surface area contributed by atoms with Crippen LogP contribution in [0.25, 0.3) is 0 Å². The van der Waals surface area contributed by atoms with Crippen LogP contribution < -0.4 is 15.8 Å². The van der Waals surface area contributed by atoms with Gasteiger partial charge in [0.2, 0.25) is 10.0 Å². The van der Waals surface area contributed by atoms with E-state index in [2.05, 4.69) is 17.0 Å². The second-order valence-corrected chi connectivity index (χ2v) is 5.95. The highest BCUT2D eigenvalue weighted by Crippen LogP contribution is 2.22. The molecule has 0 spiro atoms. The number of rotatable bonds is 7. The quantitative estimate of drug-likeness (QED) is 0.521. The molecule has 18 heavy (non-hydrogen) atoms. The molecule has 0 bridgehead atoms. The van der Waals surface area contributed by atoms with Gasteiger partial charge >= 0.3 is 0 Å². The third kappa shape index (κ3) is 3.89. The van der Waals surface area contributed by atoms with Crippen molar-refractivity contribution in [3.63, 3.8) is 0 Å². The van der Waals surface area contributed by atoms with E-state index in [9.17, 15) is 8.42 Å². The van der Waals surface area contributed by atoms with Crippen LogP contribution in [0.3, 0.4) is 0 Å². The molecule has 0 radical (unpaired) electrons. The van der Waals surface area contributed by atoms with Crippen LogP contribution in [-0.2, 0) is 10.0 Å². The highest BCUT2D eigenvalue weighted by atomic mass is 32.2. The smallest absolute Gasteiger partial charge is 0.242 e. The Hall–Kier alpha value is -1.27. The number of sulfonamides is 1. The Bertz CT molecular complexity index is 486. The number of anilines is 2. The van der Waals surface area contributed by atoms with Crippen molar-refractivity contribution in [2.24, 2.45) is 0 Å². The Labute approximate surface area is 109 Å². The van der Waals surface area contributed by atoms with Gasteiger partial charge < -0.3 is 11.1 Å². The van der Waals surface area contributed by atoms with Crippen LogP contribution in [0, 0.1) is 0 Å². The molecule has 5 nitrogen and oxygen atoms in total. The van der Waals surface area contributed by atoms with Gasteiger partial charge in [0.05, 0.1) is 5.69 Å². The molecule has 0 heterocycles. The summed E-state index contributed by atoms with van der Waals surface area (Å²) < 4.78 is 25.5. The molecule has 0 aromatic heterocycles. The molecule has 4 N–H and O–H groups in total. The minimum Gasteiger partial charge on any atom is -0.398 e. The molecule has 6 heteroatoms. The second kappa shape index (κ2) is 6.61. The van der Waals surface area contributed by atoms with Crippen molar-refractivity contribution in [3.8, 4) is 0 Å². The lowest BCUT2D eigenvalue weighted by molar-refractivity contribution is 0.588. The Morgan fingerprint density at radius 1 is 1.28 bits per heavy atom. The average molecular weight is 271 g/mol. The van der Waals surface area contributed by atoms with E-state index in [-0.39, 0.29) is 10.6 Å². The van der Waals surface area contributed by atoms with Gasteiger partial charge in [0, 0.05) is 12.2 Å². The highest BCUT2D eigenvalue weighted by Gasteiger charge is 2.14. The van der Waals surface area contributed by atoms with Crippen molar-refractivity contribution >= 4 is 21.4 Å². The molecule has 0 atom stereocenters. The summed E-state index contributed by atoms with van der Waals surface area (Å²) in [6, 6.07) is 4.89. The second-order valence-electron chi connectivity index (χ2n) is 4.09. The lowest BCUT2D eigenvalue weighted by atomic mass is 10.2. The zero-order chi connectivity index (χ0) is 13.6. The van der Waals surface area contributed by atoms with Crippen molar-refractivity contribution in [1.29, 1.82) is 0 Å². The summed E-state index contributed by atoms with van der Waals surface area (Å²) in [5.41, 5.74) is 6.85. The van der Waals surface area contributed by atoms with Gasteiger partial charge in [-0.25, -0.2) is 13.1 Å². The van der Waals surface area contributed by atoms with Gasteiger partial charge in [-0.15, -0.1) is 0 Å². The zero-order valence-electron chi connectivity index (χ0n) is 10.9. The van der Waals surface area contributed by atoms with Crippen molar-refractivity contribution in [1.82, 2.24) is 4.72 Å².